The van der Waals surface area contributed by atoms with Crippen LogP contribution in [0.5, 0.6) is 5.88 Å². The Kier molecular flexibility index (Phi) is 4.36. The number of pyridine rings is 1. The quantitative estimate of drug-likeness (QED) is 0.693. The Bertz CT molecular complexity index is 932. The second-order valence-electron chi connectivity index (χ2n) is 7.63. The van der Waals surface area contributed by atoms with Gasteiger partial charge < -0.3 is 9.64 Å². The lowest BCUT2D eigenvalue weighted by molar-refractivity contribution is 0.156. The van der Waals surface area contributed by atoms with Crippen molar-refractivity contribution in [3.8, 4) is 5.88 Å². The predicted octanol–water partition coefficient (Wildman–Crippen LogP) is 4.34. The third kappa shape index (κ3) is 3.34. The SMILES string of the molecule is c1ccc2nc(N3CC(Oc4ncncc4C4CCCCC4)C3)ccc2c1. The normalized spacial score (nSPS) is 18.4. The summed E-state index contributed by atoms with van der Waals surface area (Å²) < 4.78 is 6.25. The van der Waals surface area contributed by atoms with Crippen molar-refractivity contribution in [3.05, 3.63) is 54.5 Å². The summed E-state index contributed by atoms with van der Waals surface area (Å²) in [5.41, 5.74) is 2.23. The molecule has 0 atom stereocenters. The Morgan fingerprint density at radius 3 is 2.70 bits per heavy atom. The van der Waals surface area contributed by atoms with Crippen molar-refractivity contribution in [1.29, 1.82) is 0 Å². The number of rotatable bonds is 4. The zero-order chi connectivity index (χ0) is 18.1. The number of hydrogen-bond acceptors (Lipinski definition) is 5. The molecule has 3 aromatic rings. The molecule has 1 saturated heterocycles. The number of ether oxygens (including phenoxy) is 1. The summed E-state index contributed by atoms with van der Waals surface area (Å²) in [5.74, 6) is 2.35. The monoisotopic (exact) mass is 360 g/mol. The van der Waals surface area contributed by atoms with Crippen LogP contribution in [0.15, 0.2) is 48.9 Å². The van der Waals surface area contributed by atoms with Crippen molar-refractivity contribution in [3.63, 3.8) is 0 Å². The van der Waals surface area contributed by atoms with E-state index < -0.39 is 0 Å². The average molecular weight is 360 g/mol. The van der Waals surface area contributed by atoms with E-state index in [-0.39, 0.29) is 6.10 Å². The van der Waals surface area contributed by atoms with E-state index in [0.717, 1.165) is 30.3 Å². The maximum atomic E-state index is 6.25. The Hall–Kier alpha value is -2.69. The van der Waals surface area contributed by atoms with Gasteiger partial charge in [-0.15, -0.1) is 0 Å². The molecule has 0 unspecified atom stereocenters. The standard InChI is InChI=1S/C22H24N4O/c1-2-6-16(7-3-1)19-12-23-15-24-22(19)27-18-13-26(14-18)21-11-10-17-8-4-5-9-20(17)25-21/h4-5,8-12,15-16,18H,1-3,6-7,13-14H2. The lowest BCUT2D eigenvalue weighted by Crippen LogP contribution is -2.54. The smallest absolute Gasteiger partial charge is 0.220 e. The van der Waals surface area contributed by atoms with Crippen molar-refractivity contribution < 1.29 is 4.74 Å². The Labute approximate surface area is 159 Å². The first-order valence-electron chi connectivity index (χ1n) is 9.94. The number of nitrogens with zero attached hydrogens (tertiary/aromatic N) is 4. The van der Waals surface area contributed by atoms with Gasteiger partial charge in [-0.05, 0) is 37.0 Å². The summed E-state index contributed by atoms with van der Waals surface area (Å²) in [4.78, 5) is 15.7. The van der Waals surface area contributed by atoms with Gasteiger partial charge in [-0.2, -0.15) is 0 Å². The van der Waals surface area contributed by atoms with Gasteiger partial charge in [0.05, 0.1) is 18.6 Å². The van der Waals surface area contributed by atoms with Gasteiger partial charge in [0, 0.05) is 17.1 Å². The Morgan fingerprint density at radius 2 is 1.81 bits per heavy atom. The molecule has 5 heteroatoms. The maximum absolute atomic E-state index is 6.25. The van der Waals surface area contributed by atoms with Crippen molar-refractivity contribution in [2.24, 2.45) is 0 Å². The van der Waals surface area contributed by atoms with E-state index in [4.69, 9.17) is 9.72 Å². The summed E-state index contributed by atoms with van der Waals surface area (Å²) in [5, 5.41) is 1.17. The van der Waals surface area contributed by atoms with Gasteiger partial charge >= 0.3 is 0 Å². The third-order valence-electron chi connectivity index (χ3n) is 5.78. The average Bonchev–Trinajstić information content (AvgIpc) is 2.71. The minimum atomic E-state index is 0.163. The molecule has 1 aliphatic carbocycles. The molecular weight excluding hydrogens is 336 g/mol. The molecule has 0 spiro atoms. The molecule has 5 nitrogen and oxygen atoms in total. The molecule has 0 amide bonds. The van der Waals surface area contributed by atoms with Crippen LogP contribution in [-0.4, -0.2) is 34.1 Å². The number of anilines is 1. The molecule has 3 heterocycles. The molecule has 2 aromatic heterocycles. The van der Waals surface area contributed by atoms with E-state index in [2.05, 4.69) is 39.1 Å². The van der Waals surface area contributed by atoms with Gasteiger partial charge in [-0.3, -0.25) is 0 Å². The first-order chi connectivity index (χ1) is 13.4. The molecule has 2 fully saturated rings. The van der Waals surface area contributed by atoms with Gasteiger partial charge in [-0.1, -0.05) is 37.5 Å². The highest BCUT2D eigenvalue weighted by molar-refractivity contribution is 5.80. The molecule has 0 bridgehead atoms. The fourth-order valence-electron chi connectivity index (χ4n) is 4.21. The van der Waals surface area contributed by atoms with Gasteiger partial charge in [0.2, 0.25) is 5.88 Å². The zero-order valence-corrected chi connectivity index (χ0v) is 15.4. The van der Waals surface area contributed by atoms with Crippen molar-refractivity contribution in [2.75, 3.05) is 18.0 Å². The minimum Gasteiger partial charge on any atom is -0.470 e. The number of benzene rings is 1. The van der Waals surface area contributed by atoms with Crippen LogP contribution in [0.3, 0.4) is 0 Å². The number of aromatic nitrogens is 3. The van der Waals surface area contributed by atoms with Crippen LogP contribution < -0.4 is 9.64 Å². The molecule has 0 radical (unpaired) electrons. The first kappa shape index (κ1) is 16.5. The third-order valence-corrected chi connectivity index (χ3v) is 5.78. The van der Waals surface area contributed by atoms with Crippen LogP contribution in [0.4, 0.5) is 5.82 Å². The van der Waals surface area contributed by atoms with Crippen LogP contribution in [0, 0.1) is 0 Å². The summed E-state index contributed by atoms with van der Waals surface area (Å²) >= 11 is 0. The van der Waals surface area contributed by atoms with Crippen molar-refractivity contribution in [2.45, 2.75) is 44.1 Å². The molecule has 0 N–H and O–H groups in total. The Morgan fingerprint density at radius 1 is 0.963 bits per heavy atom. The first-order valence-corrected chi connectivity index (χ1v) is 9.94. The molecule has 5 rings (SSSR count). The lowest BCUT2D eigenvalue weighted by Gasteiger charge is -2.40. The van der Waals surface area contributed by atoms with Gasteiger partial charge in [-0.25, -0.2) is 15.0 Å². The summed E-state index contributed by atoms with van der Waals surface area (Å²) in [6.45, 7) is 1.69. The van der Waals surface area contributed by atoms with E-state index in [1.165, 1.54) is 43.1 Å². The Balaban J connectivity index is 1.26. The van der Waals surface area contributed by atoms with Crippen LogP contribution >= 0.6 is 0 Å². The highest BCUT2D eigenvalue weighted by atomic mass is 16.5. The van der Waals surface area contributed by atoms with Crippen molar-refractivity contribution in [1.82, 2.24) is 15.0 Å². The molecular formula is C22H24N4O. The van der Waals surface area contributed by atoms with E-state index >= 15 is 0 Å². The molecule has 1 aliphatic heterocycles. The number of fused-ring (bicyclic) bond motifs is 1. The number of para-hydroxylation sites is 1. The van der Waals surface area contributed by atoms with E-state index in [1.807, 2.05) is 18.3 Å². The largest absolute Gasteiger partial charge is 0.470 e. The van der Waals surface area contributed by atoms with Crippen molar-refractivity contribution >= 4 is 16.7 Å². The highest BCUT2D eigenvalue weighted by Gasteiger charge is 2.31. The molecule has 1 saturated carbocycles. The van der Waals surface area contributed by atoms with E-state index in [9.17, 15) is 0 Å². The fraction of sp³-hybridized carbons (Fsp3) is 0.409. The van der Waals surface area contributed by atoms with Crippen LogP contribution in [0.2, 0.25) is 0 Å². The summed E-state index contributed by atoms with van der Waals surface area (Å²) in [6.07, 6.45) is 10.1. The zero-order valence-electron chi connectivity index (χ0n) is 15.4. The topological polar surface area (TPSA) is 51.1 Å². The van der Waals surface area contributed by atoms with E-state index in [0.29, 0.717) is 5.92 Å². The summed E-state index contributed by atoms with van der Waals surface area (Å²) in [7, 11) is 0. The lowest BCUT2D eigenvalue weighted by atomic mass is 9.85. The van der Waals surface area contributed by atoms with Gasteiger partial charge in [0.1, 0.15) is 18.2 Å². The fourth-order valence-corrected chi connectivity index (χ4v) is 4.21. The molecule has 27 heavy (non-hydrogen) atoms. The van der Waals surface area contributed by atoms with Gasteiger partial charge in [0.15, 0.2) is 0 Å². The molecule has 1 aromatic carbocycles. The van der Waals surface area contributed by atoms with Gasteiger partial charge in [0.25, 0.3) is 0 Å². The summed E-state index contributed by atoms with van der Waals surface area (Å²) in [6, 6.07) is 12.5. The highest BCUT2D eigenvalue weighted by Crippen LogP contribution is 2.36. The molecule has 138 valence electrons. The maximum Gasteiger partial charge on any atom is 0.220 e. The number of hydrogen-bond donors (Lipinski definition) is 0. The van der Waals surface area contributed by atoms with Crippen LogP contribution in [0.1, 0.15) is 43.6 Å². The van der Waals surface area contributed by atoms with Crippen LogP contribution in [-0.2, 0) is 0 Å². The molecule has 2 aliphatic rings. The predicted molar refractivity (Wildman–Crippen MR) is 106 cm³/mol. The second kappa shape index (κ2) is 7.14. The second-order valence-corrected chi connectivity index (χ2v) is 7.63. The van der Waals surface area contributed by atoms with Crippen LogP contribution in [0.25, 0.3) is 10.9 Å². The van der Waals surface area contributed by atoms with E-state index in [1.54, 1.807) is 6.33 Å². The minimum absolute atomic E-state index is 0.163.